The summed E-state index contributed by atoms with van der Waals surface area (Å²) in [4.78, 5) is 54.4. The van der Waals surface area contributed by atoms with Crippen molar-refractivity contribution in [3.05, 3.63) is 55.3 Å². The molecule has 16 heteroatoms. The first-order valence-electron chi connectivity index (χ1n) is 13.9. The Morgan fingerprint density at radius 3 is 2.57 bits per heavy atom. The number of fused-ring (bicyclic) bond motifs is 1. The number of alkyl halides is 3. The summed E-state index contributed by atoms with van der Waals surface area (Å²) in [6.07, 6.45) is -2.21. The van der Waals surface area contributed by atoms with Gasteiger partial charge in [-0.15, -0.1) is 0 Å². The summed E-state index contributed by atoms with van der Waals surface area (Å²) in [6, 6.07) is 9.48. The third-order valence-corrected chi connectivity index (χ3v) is 6.75. The molecule has 0 saturated heterocycles. The number of pyridine rings is 1. The van der Waals surface area contributed by atoms with Crippen molar-refractivity contribution in [1.29, 1.82) is 0 Å². The molecular formula is C30H33F3N8O5. The zero-order chi connectivity index (χ0) is 33.8. The first kappa shape index (κ1) is 33.5. The van der Waals surface area contributed by atoms with Gasteiger partial charge in [0.25, 0.3) is 5.91 Å². The van der Waals surface area contributed by atoms with Gasteiger partial charge in [-0.3, -0.25) is 19.3 Å². The van der Waals surface area contributed by atoms with Gasteiger partial charge < -0.3 is 29.9 Å². The quantitative estimate of drug-likeness (QED) is 0.289. The maximum atomic E-state index is 13.6. The molecule has 0 spiro atoms. The molecule has 46 heavy (non-hydrogen) atoms. The zero-order valence-electron chi connectivity index (χ0n) is 25.8. The fourth-order valence-corrected chi connectivity index (χ4v) is 4.18. The van der Waals surface area contributed by atoms with Crippen molar-refractivity contribution in [2.45, 2.75) is 32.5 Å². The Morgan fingerprint density at radius 2 is 1.89 bits per heavy atom. The van der Waals surface area contributed by atoms with Crippen LogP contribution in [-0.2, 0) is 14.4 Å². The highest BCUT2D eigenvalue weighted by atomic mass is 19.4. The molecular weight excluding hydrogens is 609 g/mol. The molecule has 3 aromatic rings. The number of aromatic nitrogens is 3. The van der Waals surface area contributed by atoms with E-state index in [1.54, 1.807) is 63.2 Å². The van der Waals surface area contributed by atoms with Crippen molar-refractivity contribution in [2.24, 2.45) is 0 Å². The highest BCUT2D eigenvalue weighted by molar-refractivity contribution is 6.08. The summed E-state index contributed by atoms with van der Waals surface area (Å²) in [5.74, 6) is -1.03. The minimum Gasteiger partial charge on any atom is -0.472 e. The molecule has 3 amide bonds. The van der Waals surface area contributed by atoms with E-state index in [2.05, 4.69) is 32.2 Å². The second-order valence-corrected chi connectivity index (χ2v) is 10.8. The molecule has 0 unspecified atom stereocenters. The number of hydrogen-bond acceptors (Lipinski definition) is 10. The fraction of sp³-hybridized carbons (Fsp3) is 0.333. The molecule has 3 heterocycles. The number of hydrogen-bond donors (Lipinski definition) is 2. The van der Waals surface area contributed by atoms with Crippen LogP contribution in [0.25, 0.3) is 0 Å². The predicted molar refractivity (Wildman–Crippen MR) is 165 cm³/mol. The Kier molecular flexibility index (Phi) is 9.68. The van der Waals surface area contributed by atoms with Gasteiger partial charge in [0.15, 0.2) is 23.8 Å². The Bertz CT molecular complexity index is 1650. The highest BCUT2D eigenvalue weighted by Gasteiger charge is 2.43. The van der Waals surface area contributed by atoms with E-state index in [0.29, 0.717) is 30.3 Å². The van der Waals surface area contributed by atoms with Crippen LogP contribution in [0, 0.1) is 0 Å². The van der Waals surface area contributed by atoms with E-state index in [1.165, 1.54) is 29.0 Å². The molecule has 0 aliphatic carbocycles. The van der Waals surface area contributed by atoms with E-state index >= 15 is 0 Å². The van der Waals surface area contributed by atoms with Crippen LogP contribution in [0.3, 0.4) is 0 Å². The Morgan fingerprint density at radius 1 is 1.15 bits per heavy atom. The molecule has 0 bridgehead atoms. The van der Waals surface area contributed by atoms with Crippen molar-refractivity contribution >= 4 is 52.4 Å². The van der Waals surface area contributed by atoms with Crippen LogP contribution in [0.5, 0.6) is 11.6 Å². The topological polar surface area (TPSA) is 142 Å². The third-order valence-electron chi connectivity index (χ3n) is 6.75. The van der Waals surface area contributed by atoms with Gasteiger partial charge in [-0.1, -0.05) is 12.6 Å². The van der Waals surface area contributed by atoms with Crippen LogP contribution in [0.2, 0.25) is 0 Å². The third kappa shape index (κ3) is 7.99. The highest BCUT2D eigenvalue weighted by Crippen LogP contribution is 2.42. The normalized spacial score (nSPS) is 13.7. The molecule has 2 aromatic heterocycles. The average molecular weight is 643 g/mol. The molecule has 0 fully saturated rings. The molecule has 1 aliphatic rings. The van der Waals surface area contributed by atoms with Crippen LogP contribution in [-0.4, -0.2) is 83.1 Å². The van der Waals surface area contributed by atoms with Crippen LogP contribution < -0.4 is 29.9 Å². The largest absolute Gasteiger partial charge is 0.472 e. The Hall–Kier alpha value is -5.41. The number of ether oxygens (including phenoxy) is 2. The molecule has 0 atom stereocenters. The number of rotatable bonds is 11. The van der Waals surface area contributed by atoms with Crippen molar-refractivity contribution in [2.75, 3.05) is 54.2 Å². The summed E-state index contributed by atoms with van der Waals surface area (Å²) in [5, 5.41) is 5.47. The standard InChI is InChI=1S/C30H33F3N8O5/c1-7-24(43)35-19-9-8-10-20(15-19)41-25-22(46-29(3,4)27(41)44)16-34-28(38-25)36-21-11-12-23(37-26(21)45-17-30(31,32)33)40(6)14-13-39(5)18(2)42/h7-12,15-16H,1,13-14,17H2,2-6H3,(H,35,43)(H,34,36,38). The lowest BCUT2D eigenvalue weighted by Gasteiger charge is -2.37. The van der Waals surface area contributed by atoms with Gasteiger partial charge in [0, 0.05) is 39.8 Å². The van der Waals surface area contributed by atoms with Crippen LogP contribution in [0.15, 0.2) is 55.3 Å². The van der Waals surface area contributed by atoms with Gasteiger partial charge in [0.2, 0.25) is 23.6 Å². The van der Waals surface area contributed by atoms with E-state index in [-0.39, 0.29) is 35.0 Å². The van der Waals surface area contributed by atoms with Crippen molar-refractivity contribution in [3.63, 3.8) is 0 Å². The molecule has 1 aromatic carbocycles. The number of carbonyl (C=O) groups excluding carboxylic acids is 3. The molecule has 4 rings (SSSR count). The van der Waals surface area contributed by atoms with E-state index in [4.69, 9.17) is 9.47 Å². The lowest BCUT2D eigenvalue weighted by atomic mass is 10.0. The SMILES string of the molecule is C=CC(=O)Nc1cccc(N2C(=O)C(C)(C)Oc3cnc(Nc4ccc(N(C)CCN(C)C(C)=O)nc4OCC(F)(F)F)nc32)c1. The molecule has 0 saturated carbocycles. The molecule has 13 nitrogen and oxygen atoms in total. The number of halogens is 3. The minimum absolute atomic E-state index is 0.0197. The number of likely N-dealkylation sites (N-methyl/N-ethyl adjacent to an activating group) is 2. The molecule has 0 radical (unpaired) electrons. The number of anilines is 6. The maximum Gasteiger partial charge on any atom is 0.422 e. The first-order valence-corrected chi connectivity index (χ1v) is 13.9. The van der Waals surface area contributed by atoms with Crippen molar-refractivity contribution < 1.29 is 37.0 Å². The Labute approximate surface area is 263 Å². The number of nitrogens with one attached hydrogen (secondary N) is 2. The molecule has 2 N–H and O–H groups in total. The average Bonchev–Trinajstić information content (AvgIpc) is 2.99. The fourth-order valence-electron chi connectivity index (χ4n) is 4.18. The summed E-state index contributed by atoms with van der Waals surface area (Å²) in [6.45, 7) is 7.11. The van der Waals surface area contributed by atoms with E-state index in [1.807, 2.05) is 0 Å². The summed E-state index contributed by atoms with van der Waals surface area (Å²) in [7, 11) is 3.31. The molecule has 1 aliphatic heterocycles. The monoisotopic (exact) mass is 642 g/mol. The summed E-state index contributed by atoms with van der Waals surface area (Å²) >= 11 is 0. The van der Waals surface area contributed by atoms with Gasteiger partial charge in [0.05, 0.1) is 11.9 Å². The second-order valence-electron chi connectivity index (χ2n) is 10.8. The number of amides is 3. The zero-order valence-corrected chi connectivity index (χ0v) is 25.8. The van der Waals surface area contributed by atoms with E-state index in [0.717, 1.165) is 6.08 Å². The number of nitrogens with zero attached hydrogens (tertiary/aromatic N) is 6. The maximum absolute atomic E-state index is 13.6. The minimum atomic E-state index is -4.64. The van der Waals surface area contributed by atoms with Gasteiger partial charge in [-0.05, 0) is 50.3 Å². The second kappa shape index (κ2) is 13.3. The van der Waals surface area contributed by atoms with Gasteiger partial charge in [-0.2, -0.15) is 23.1 Å². The van der Waals surface area contributed by atoms with Crippen LogP contribution >= 0.6 is 0 Å². The summed E-state index contributed by atoms with van der Waals surface area (Å²) < 4.78 is 50.3. The predicted octanol–water partition coefficient (Wildman–Crippen LogP) is 4.43. The van der Waals surface area contributed by atoms with Gasteiger partial charge in [-0.25, -0.2) is 4.98 Å². The lowest BCUT2D eigenvalue weighted by Crippen LogP contribution is -2.51. The van der Waals surface area contributed by atoms with Crippen LogP contribution in [0.1, 0.15) is 20.8 Å². The van der Waals surface area contributed by atoms with Gasteiger partial charge in [0.1, 0.15) is 11.5 Å². The first-order chi connectivity index (χ1) is 21.6. The van der Waals surface area contributed by atoms with Crippen molar-refractivity contribution in [3.8, 4) is 11.6 Å². The summed E-state index contributed by atoms with van der Waals surface area (Å²) in [5.41, 5.74) is -0.544. The lowest BCUT2D eigenvalue weighted by molar-refractivity contribution is -0.154. The number of carbonyl (C=O) groups is 3. The van der Waals surface area contributed by atoms with Gasteiger partial charge >= 0.3 is 6.18 Å². The Balaban J connectivity index is 1.69. The smallest absolute Gasteiger partial charge is 0.422 e. The van der Waals surface area contributed by atoms with Crippen LogP contribution in [0.4, 0.5) is 47.8 Å². The number of benzene rings is 1. The van der Waals surface area contributed by atoms with E-state index < -0.39 is 30.2 Å². The van der Waals surface area contributed by atoms with E-state index in [9.17, 15) is 27.6 Å². The molecule has 244 valence electrons. The van der Waals surface area contributed by atoms with Crippen molar-refractivity contribution in [1.82, 2.24) is 19.9 Å².